The van der Waals surface area contributed by atoms with E-state index in [0.29, 0.717) is 11.6 Å². The van der Waals surface area contributed by atoms with Gasteiger partial charge >= 0.3 is 0 Å². The lowest BCUT2D eigenvalue weighted by atomic mass is 10.0. The van der Waals surface area contributed by atoms with Crippen LogP contribution in [0.2, 0.25) is 0 Å². The largest absolute Gasteiger partial charge is 0.497 e. The number of rotatable bonds is 6. The third kappa shape index (κ3) is 3.80. The minimum Gasteiger partial charge on any atom is -0.497 e. The summed E-state index contributed by atoms with van der Waals surface area (Å²) in [6.45, 7) is 2.89. The predicted molar refractivity (Wildman–Crippen MR) is 110 cm³/mol. The van der Waals surface area contributed by atoms with E-state index >= 15 is 0 Å². The van der Waals surface area contributed by atoms with E-state index in [-0.39, 0.29) is 0 Å². The number of hydrogen-bond acceptors (Lipinski definition) is 5. The first-order valence-corrected chi connectivity index (χ1v) is 9.52. The van der Waals surface area contributed by atoms with E-state index in [0.717, 1.165) is 54.9 Å². The Morgan fingerprint density at radius 2 is 2.18 bits per heavy atom. The molecule has 1 amide bonds. The smallest absolute Gasteiger partial charge is 0.252 e. The number of nitrogens with one attached hydrogen (secondary N) is 2. The monoisotopic (exact) mass is 379 g/mol. The van der Waals surface area contributed by atoms with Gasteiger partial charge in [-0.15, -0.1) is 0 Å². The number of piperidine rings is 1. The van der Waals surface area contributed by atoms with Gasteiger partial charge in [0.25, 0.3) is 5.91 Å². The first kappa shape index (κ1) is 18.3. The number of carbonyl (C=O) groups excluding carboxylic acids is 1. The van der Waals surface area contributed by atoms with Gasteiger partial charge in [0, 0.05) is 43.5 Å². The van der Waals surface area contributed by atoms with Crippen molar-refractivity contribution in [3.63, 3.8) is 0 Å². The summed E-state index contributed by atoms with van der Waals surface area (Å²) >= 11 is 0. The maximum Gasteiger partial charge on any atom is 0.252 e. The molecule has 0 bridgehead atoms. The fourth-order valence-electron chi connectivity index (χ4n) is 3.82. The van der Waals surface area contributed by atoms with Crippen molar-refractivity contribution in [1.29, 1.82) is 0 Å². The van der Waals surface area contributed by atoms with E-state index in [9.17, 15) is 4.79 Å². The van der Waals surface area contributed by atoms with Gasteiger partial charge in [0.1, 0.15) is 11.4 Å². The Morgan fingerprint density at radius 3 is 2.93 bits per heavy atom. The van der Waals surface area contributed by atoms with Gasteiger partial charge in [-0.05, 0) is 36.6 Å². The number of methoxy groups -OCH3 is 1. The number of likely N-dealkylation sites (tertiary alicyclic amines) is 1. The molecule has 0 atom stereocenters. The number of nitrogens with zero attached hydrogens (tertiary/aromatic N) is 2. The highest BCUT2D eigenvalue weighted by atomic mass is 16.5. The SMILES string of the molecule is COc1cccc(CN2CCC(Nc3c(C(N)=O)cnc4[nH]ccc34)CC2)c1. The van der Waals surface area contributed by atoms with Crippen LogP contribution in [-0.2, 0) is 6.54 Å². The van der Waals surface area contributed by atoms with E-state index in [1.807, 2.05) is 24.4 Å². The maximum atomic E-state index is 11.9. The quantitative estimate of drug-likeness (QED) is 0.612. The normalized spacial score (nSPS) is 15.6. The van der Waals surface area contributed by atoms with Crippen LogP contribution in [0.3, 0.4) is 0 Å². The van der Waals surface area contributed by atoms with Crippen LogP contribution >= 0.6 is 0 Å². The van der Waals surface area contributed by atoms with Crippen LogP contribution in [0, 0.1) is 0 Å². The topological polar surface area (TPSA) is 96.3 Å². The first-order chi connectivity index (χ1) is 13.6. The summed E-state index contributed by atoms with van der Waals surface area (Å²) in [5, 5.41) is 4.45. The number of pyridine rings is 1. The Balaban J connectivity index is 1.42. The molecule has 0 spiro atoms. The van der Waals surface area contributed by atoms with Gasteiger partial charge in [-0.3, -0.25) is 9.69 Å². The molecule has 1 aromatic carbocycles. The molecule has 0 unspecified atom stereocenters. The van der Waals surface area contributed by atoms with Gasteiger partial charge in [0.05, 0.1) is 18.4 Å². The lowest BCUT2D eigenvalue weighted by molar-refractivity contribution is 0.100. The number of ether oxygens (including phenoxy) is 1. The number of aromatic amines is 1. The van der Waals surface area contributed by atoms with Gasteiger partial charge in [-0.2, -0.15) is 0 Å². The first-order valence-electron chi connectivity index (χ1n) is 9.52. The Labute approximate surface area is 163 Å². The van der Waals surface area contributed by atoms with Crippen LogP contribution in [0.15, 0.2) is 42.7 Å². The molecule has 2 aromatic heterocycles. The van der Waals surface area contributed by atoms with Crippen molar-refractivity contribution >= 4 is 22.6 Å². The highest BCUT2D eigenvalue weighted by Crippen LogP contribution is 2.28. The zero-order chi connectivity index (χ0) is 19.5. The summed E-state index contributed by atoms with van der Waals surface area (Å²) < 4.78 is 5.31. The van der Waals surface area contributed by atoms with Crippen LogP contribution in [-0.4, -0.2) is 47.0 Å². The zero-order valence-corrected chi connectivity index (χ0v) is 15.9. The fourth-order valence-corrected chi connectivity index (χ4v) is 3.82. The summed E-state index contributed by atoms with van der Waals surface area (Å²) in [7, 11) is 1.69. The van der Waals surface area contributed by atoms with Crippen molar-refractivity contribution in [3.8, 4) is 5.75 Å². The Hall–Kier alpha value is -3.06. The minimum absolute atomic E-state index is 0.292. The highest BCUT2D eigenvalue weighted by Gasteiger charge is 2.22. The van der Waals surface area contributed by atoms with Crippen molar-refractivity contribution in [1.82, 2.24) is 14.9 Å². The predicted octanol–water partition coefficient (Wildman–Crippen LogP) is 2.75. The summed E-state index contributed by atoms with van der Waals surface area (Å²) in [6.07, 6.45) is 5.36. The molecule has 3 heterocycles. The number of carbonyl (C=O) groups is 1. The van der Waals surface area contributed by atoms with Crippen molar-refractivity contribution in [2.24, 2.45) is 5.73 Å². The second kappa shape index (κ2) is 7.90. The molecule has 0 radical (unpaired) electrons. The van der Waals surface area contributed by atoms with E-state index < -0.39 is 5.91 Å². The van der Waals surface area contributed by atoms with Crippen molar-refractivity contribution < 1.29 is 9.53 Å². The molecule has 7 heteroatoms. The minimum atomic E-state index is -0.464. The average Bonchev–Trinajstić information content (AvgIpc) is 3.19. The van der Waals surface area contributed by atoms with Crippen LogP contribution in [0.25, 0.3) is 11.0 Å². The van der Waals surface area contributed by atoms with Crippen molar-refractivity contribution in [2.75, 3.05) is 25.5 Å². The number of anilines is 1. The van der Waals surface area contributed by atoms with Gasteiger partial charge in [-0.25, -0.2) is 4.98 Å². The summed E-state index contributed by atoms with van der Waals surface area (Å²) in [6, 6.07) is 10.4. The van der Waals surface area contributed by atoms with Crippen LogP contribution in [0.5, 0.6) is 5.75 Å². The molecular formula is C21H25N5O2. The summed E-state index contributed by atoms with van der Waals surface area (Å²) in [4.78, 5) is 21.7. The molecule has 7 nitrogen and oxygen atoms in total. The number of fused-ring (bicyclic) bond motifs is 1. The van der Waals surface area contributed by atoms with Gasteiger partial charge in [0.2, 0.25) is 0 Å². The molecule has 1 saturated heterocycles. The standard InChI is InChI=1S/C21H25N5O2/c1-28-16-4-2-3-14(11-16)13-26-9-6-15(7-10-26)25-19-17-5-8-23-21(17)24-12-18(19)20(22)27/h2-5,8,11-12,15H,6-7,9-10,13H2,1H3,(H2,22,27)(H2,23,24,25). The van der Waals surface area contributed by atoms with Gasteiger partial charge in [-0.1, -0.05) is 12.1 Å². The summed E-state index contributed by atoms with van der Waals surface area (Å²) in [5.41, 5.74) is 8.79. The number of hydrogen-bond donors (Lipinski definition) is 3. The Bertz CT molecular complexity index is 976. The van der Waals surface area contributed by atoms with Crippen LogP contribution < -0.4 is 15.8 Å². The lowest BCUT2D eigenvalue weighted by Crippen LogP contribution is -2.39. The van der Waals surface area contributed by atoms with Gasteiger partial charge in [0.15, 0.2) is 0 Å². The third-order valence-electron chi connectivity index (χ3n) is 5.33. The Morgan fingerprint density at radius 1 is 1.36 bits per heavy atom. The molecule has 1 aliphatic rings. The molecule has 146 valence electrons. The molecule has 1 fully saturated rings. The summed E-state index contributed by atoms with van der Waals surface area (Å²) in [5.74, 6) is 0.426. The third-order valence-corrected chi connectivity index (χ3v) is 5.33. The average molecular weight is 379 g/mol. The zero-order valence-electron chi connectivity index (χ0n) is 15.9. The fraction of sp³-hybridized carbons (Fsp3) is 0.333. The van der Waals surface area contributed by atoms with Crippen molar-refractivity contribution in [3.05, 3.63) is 53.9 Å². The van der Waals surface area contributed by atoms with Crippen LogP contribution in [0.4, 0.5) is 5.69 Å². The molecule has 28 heavy (non-hydrogen) atoms. The number of H-pyrrole nitrogens is 1. The number of amides is 1. The second-order valence-corrected chi connectivity index (χ2v) is 7.20. The lowest BCUT2D eigenvalue weighted by Gasteiger charge is -2.33. The number of primary amides is 1. The molecule has 1 aliphatic heterocycles. The molecule has 0 aliphatic carbocycles. The maximum absolute atomic E-state index is 11.9. The second-order valence-electron chi connectivity index (χ2n) is 7.20. The van der Waals surface area contributed by atoms with Crippen molar-refractivity contribution in [2.45, 2.75) is 25.4 Å². The van der Waals surface area contributed by atoms with Crippen LogP contribution in [0.1, 0.15) is 28.8 Å². The number of nitrogens with two attached hydrogens (primary N) is 1. The number of benzene rings is 1. The molecule has 0 saturated carbocycles. The highest BCUT2D eigenvalue weighted by molar-refractivity contribution is 6.05. The van der Waals surface area contributed by atoms with E-state index in [4.69, 9.17) is 10.5 Å². The Kier molecular flexibility index (Phi) is 5.16. The molecule has 3 aromatic rings. The van der Waals surface area contributed by atoms with Gasteiger partial charge < -0.3 is 20.8 Å². The van der Waals surface area contributed by atoms with E-state index in [2.05, 4.69) is 32.3 Å². The molecule has 4 rings (SSSR count). The molecule has 4 N–H and O–H groups in total. The van der Waals surface area contributed by atoms with E-state index in [1.54, 1.807) is 13.3 Å². The van der Waals surface area contributed by atoms with E-state index in [1.165, 1.54) is 5.56 Å². The number of aromatic nitrogens is 2. The molecular weight excluding hydrogens is 354 g/mol.